The fraction of sp³-hybridized carbons (Fsp3) is 0.200. The van der Waals surface area contributed by atoms with Crippen LogP contribution in [0.3, 0.4) is 0 Å². The first-order chi connectivity index (χ1) is 11.1. The van der Waals surface area contributed by atoms with Gasteiger partial charge in [-0.1, -0.05) is 23.7 Å². The molecule has 9 heteroatoms. The maximum absolute atomic E-state index is 12.3. The van der Waals surface area contributed by atoms with Crippen LogP contribution in [0.4, 0.5) is 5.69 Å². The molecular formula is C15H17ClN2O4S2. The molecule has 0 unspecified atom stereocenters. The highest BCUT2D eigenvalue weighted by Crippen LogP contribution is 2.24. The van der Waals surface area contributed by atoms with E-state index in [0.717, 1.165) is 0 Å². The Hall–Kier alpha value is -1.61. The summed E-state index contributed by atoms with van der Waals surface area (Å²) >= 11 is 5.90. The van der Waals surface area contributed by atoms with Gasteiger partial charge in [-0.15, -0.1) is 0 Å². The summed E-state index contributed by atoms with van der Waals surface area (Å²) in [6.07, 6.45) is 0. The van der Waals surface area contributed by atoms with Crippen molar-refractivity contribution >= 4 is 37.3 Å². The van der Waals surface area contributed by atoms with Gasteiger partial charge in [0.25, 0.3) is 10.0 Å². The van der Waals surface area contributed by atoms with Crippen LogP contribution in [0.1, 0.15) is 13.8 Å². The van der Waals surface area contributed by atoms with E-state index in [1.807, 2.05) is 0 Å². The second-order valence-corrected chi connectivity index (χ2v) is 9.11. The smallest absolute Gasteiger partial charge is 0.263 e. The van der Waals surface area contributed by atoms with Gasteiger partial charge in [0, 0.05) is 11.7 Å². The van der Waals surface area contributed by atoms with Crippen LogP contribution in [0.2, 0.25) is 5.02 Å². The molecule has 0 aliphatic carbocycles. The van der Waals surface area contributed by atoms with Crippen molar-refractivity contribution in [2.75, 3.05) is 4.72 Å². The molecule has 0 saturated carbocycles. The number of nitrogens with one attached hydrogen (secondary N) is 2. The van der Waals surface area contributed by atoms with Crippen molar-refractivity contribution in [3.05, 3.63) is 53.6 Å². The minimum Gasteiger partial charge on any atom is -0.280 e. The molecule has 0 amide bonds. The molecule has 0 saturated heterocycles. The molecule has 0 aliphatic heterocycles. The highest BCUT2D eigenvalue weighted by molar-refractivity contribution is 7.92. The van der Waals surface area contributed by atoms with E-state index < -0.39 is 20.0 Å². The van der Waals surface area contributed by atoms with Crippen molar-refractivity contribution in [3.8, 4) is 0 Å². The molecule has 0 fully saturated rings. The van der Waals surface area contributed by atoms with Gasteiger partial charge >= 0.3 is 0 Å². The lowest BCUT2D eigenvalue weighted by Crippen LogP contribution is -2.30. The molecule has 0 bridgehead atoms. The fourth-order valence-electron chi connectivity index (χ4n) is 1.95. The van der Waals surface area contributed by atoms with Crippen LogP contribution in [0.5, 0.6) is 0 Å². The largest absolute Gasteiger partial charge is 0.280 e. The predicted octanol–water partition coefficient (Wildman–Crippen LogP) is 2.83. The van der Waals surface area contributed by atoms with E-state index >= 15 is 0 Å². The van der Waals surface area contributed by atoms with E-state index in [2.05, 4.69) is 9.44 Å². The fourth-order valence-corrected chi connectivity index (χ4v) is 4.78. The van der Waals surface area contributed by atoms with Gasteiger partial charge < -0.3 is 0 Å². The Morgan fingerprint density at radius 2 is 1.46 bits per heavy atom. The Bertz CT molecular complexity index is 924. The second kappa shape index (κ2) is 7.10. The predicted molar refractivity (Wildman–Crippen MR) is 94.2 cm³/mol. The molecule has 0 aromatic heterocycles. The number of hydrogen-bond donors (Lipinski definition) is 2. The first kappa shape index (κ1) is 18.7. The standard InChI is InChI=1S/C15H17ClN2O4S2/c1-11(2)17-23(19,20)13-9-7-12(8-10-13)18-24(21,22)15-6-4-3-5-14(15)16/h3-11,17-18H,1-2H3. The molecule has 130 valence electrons. The lowest BCUT2D eigenvalue weighted by molar-refractivity contribution is 0.570. The quantitative estimate of drug-likeness (QED) is 0.795. The van der Waals surface area contributed by atoms with Gasteiger partial charge in [0.05, 0.1) is 9.92 Å². The van der Waals surface area contributed by atoms with Crippen LogP contribution in [-0.4, -0.2) is 22.9 Å². The number of benzene rings is 2. The van der Waals surface area contributed by atoms with E-state index in [9.17, 15) is 16.8 Å². The zero-order valence-corrected chi connectivity index (χ0v) is 15.4. The number of anilines is 1. The Labute approximate surface area is 147 Å². The zero-order chi connectivity index (χ0) is 18.0. The van der Waals surface area contributed by atoms with Crippen LogP contribution >= 0.6 is 11.6 Å². The minimum atomic E-state index is -3.86. The average Bonchev–Trinajstić information content (AvgIpc) is 2.46. The number of rotatable bonds is 6. The van der Waals surface area contributed by atoms with Crippen LogP contribution in [0.25, 0.3) is 0 Å². The third-order valence-electron chi connectivity index (χ3n) is 2.93. The third kappa shape index (κ3) is 4.47. The van der Waals surface area contributed by atoms with Crippen molar-refractivity contribution in [2.45, 2.75) is 29.7 Å². The summed E-state index contributed by atoms with van der Waals surface area (Å²) < 4.78 is 53.5. The molecule has 2 rings (SSSR count). The highest BCUT2D eigenvalue weighted by Gasteiger charge is 2.19. The summed E-state index contributed by atoms with van der Waals surface area (Å²) in [5, 5.41) is 0.102. The molecule has 0 radical (unpaired) electrons. The highest BCUT2D eigenvalue weighted by atomic mass is 35.5. The molecule has 2 aromatic rings. The van der Waals surface area contributed by atoms with Crippen molar-refractivity contribution in [3.63, 3.8) is 0 Å². The first-order valence-corrected chi connectivity index (χ1v) is 10.4. The van der Waals surface area contributed by atoms with Gasteiger partial charge in [0.2, 0.25) is 10.0 Å². The van der Waals surface area contributed by atoms with Crippen molar-refractivity contribution in [1.82, 2.24) is 4.72 Å². The van der Waals surface area contributed by atoms with Crippen LogP contribution in [-0.2, 0) is 20.0 Å². The Morgan fingerprint density at radius 1 is 0.875 bits per heavy atom. The molecule has 0 aliphatic rings. The molecule has 0 atom stereocenters. The molecular weight excluding hydrogens is 372 g/mol. The van der Waals surface area contributed by atoms with Crippen LogP contribution in [0, 0.1) is 0 Å². The molecule has 24 heavy (non-hydrogen) atoms. The number of halogens is 1. The van der Waals surface area contributed by atoms with Crippen LogP contribution < -0.4 is 9.44 Å². The maximum Gasteiger partial charge on any atom is 0.263 e. The Morgan fingerprint density at radius 3 is 2.00 bits per heavy atom. The number of hydrogen-bond acceptors (Lipinski definition) is 4. The summed E-state index contributed by atoms with van der Waals surface area (Å²) in [5.41, 5.74) is 0.235. The van der Waals surface area contributed by atoms with E-state index in [-0.39, 0.29) is 26.5 Å². The SMILES string of the molecule is CC(C)NS(=O)(=O)c1ccc(NS(=O)(=O)c2ccccc2Cl)cc1. The lowest BCUT2D eigenvalue weighted by Gasteiger charge is -2.11. The molecule has 2 aromatic carbocycles. The van der Waals surface area contributed by atoms with Crippen LogP contribution in [0.15, 0.2) is 58.3 Å². The van der Waals surface area contributed by atoms with Crippen molar-refractivity contribution < 1.29 is 16.8 Å². The topological polar surface area (TPSA) is 92.3 Å². The van der Waals surface area contributed by atoms with Gasteiger partial charge in [0.15, 0.2) is 0 Å². The lowest BCUT2D eigenvalue weighted by atomic mass is 10.3. The monoisotopic (exact) mass is 388 g/mol. The van der Waals surface area contributed by atoms with Gasteiger partial charge in [-0.3, -0.25) is 4.72 Å². The van der Waals surface area contributed by atoms with E-state index in [0.29, 0.717) is 0 Å². The summed E-state index contributed by atoms with van der Waals surface area (Å²) in [5.74, 6) is 0. The van der Waals surface area contributed by atoms with Gasteiger partial charge in [-0.2, -0.15) is 0 Å². The van der Waals surface area contributed by atoms with Gasteiger partial charge in [-0.25, -0.2) is 21.6 Å². The van der Waals surface area contributed by atoms with Gasteiger partial charge in [0.1, 0.15) is 4.90 Å². The maximum atomic E-state index is 12.3. The summed E-state index contributed by atoms with van der Waals surface area (Å²) in [7, 11) is -7.49. The molecule has 2 N–H and O–H groups in total. The Kier molecular flexibility index (Phi) is 5.54. The van der Waals surface area contributed by atoms with Gasteiger partial charge in [-0.05, 0) is 50.2 Å². The number of sulfonamides is 2. The van der Waals surface area contributed by atoms with Crippen molar-refractivity contribution in [1.29, 1.82) is 0 Å². The second-order valence-electron chi connectivity index (χ2n) is 5.34. The zero-order valence-electron chi connectivity index (χ0n) is 13.0. The van der Waals surface area contributed by atoms with Crippen molar-refractivity contribution in [2.24, 2.45) is 0 Å². The summed E-state index contributed by atoms with van der Waals surface area (Å²) in [6, 6.07) is 11.2. The molecule has 0 spiro atoms. The Balaban J connectivity index is 2.25. The average molecular weight is 389 g/mol. The van der Waals surface area contributed by atoms with E-state index in [1.165, 1.54) is 36.4 Å². The third-order valence-corrected chi connectivity index (χ3v) is 6.49. The van der Waals surface area contributed by atoms with E-state index in [4.69, 9.17) is 11.6 Å². The molecule has 6 nitrogen and oxygen atoms in total. The molecule has 0 heterocycles. The minimum absolute atomic E-state index is 0.0511. The normalized spacial score (nSPS) is 12.3. The summed E-state index contributed by atoms with van der Waals surface area (Å²) in [6.45, 7) is 3.42. The van der Waals surface area contributed by atoms with E-state index in [1.54, 1.807) is 26.0 Å². The first-order valence-electron chi connectivity index (χ1n) is 7.01. The summed E-state index contributed by atoms with van der Waals surface area (Å²) in [4.78, 5) is 0.00160.